The normalized spacial score (nSPS) is 15.5. The van der Waals surface area contributed by atoms with Gasteiger partial charge in [-0.25, -0.2) is 4.39 Å². The van der Waals surface area contributed by atoms with Crippen molar-refractivity contribution in [3.8, 4) is 5.75 Å². The molecule has 0 radical (unpaired) electrons. The van der Waals surface area contributed by atoms with E-state index in [-0.39, 0.29) is 18.3 Å². The van der Waals surface area contributed by atoms with Gasteiger partial charge in [-0.1, -0.05) is 28.1 Å². The second-order valence-electron chi connectivity index (χ2n) is 6.38. The van der Waals surface area contributed by atoms with Crippen LogP contribution in [0, 0.1) is 5.82 Å². The highest BCUT2D eigenvalue weighted by atomic mass is 79.9. The van der Waals surface area contributed by atoms with Gasteiger partial charge in [-0.3, -0.25) is 9.69 Å². The monoisotopic (exact) mass is 420 g/mol. The van der Waals surface area contributed by atoms with Crippen LogP contribution in [0.3, 0.4) is 0 Å². The molecule has 2 aromatic carbocycles. The van der Waals surface area contributed by atoms with Crippen LogP contribution in [0.2, 0.25) is 0 Å². The van der Waals surface area contributed by atoms with Crippen LogP contribution >= 0.6 is 15.9 Å². The van der Waals surface area contributed by atoms with Crippen LogP contribution in [0.15, 0.2) is 53.0 Å². The van der Waals surface area contributed by atoms with Crippen LogP contribution in [0.25, 0.3) is 0 Å². The number of amides is 1. The van der Waals surface area contributed by atoms with Crippen LogP contribution < -0.4 is 4.74 Å². The van der Waals surface area contributed by atoms with E-state index in [9.17, 15) is 9.18 Å². The number of nitrogens with zero attached hydrogens (tertiary/aromatic N) is 2. The Morgan fingerprint density at radius 3 is 2.46 bits per heavy atom. The van der Waals surface area contributed by atoms with Crippen molar-refractivity contribution in [3.63, 3.8) is 0 Å². The molecule has 1 fully saturated rings. The molecule has 0 atom stereocenters. The van der Waals surface area contributed by atoms with Crippen molar-refractivity contribution >= 4 is 21.8 Å². The first-order chi connectivity index (χ1) is 12.6. The summed E-state index contributed by atoms with van der Waals surface area (Å²) in [4.78, 5) is 16.6. The van der Waals surface area contributed by atoms with E-state index in [1.807, 2.05) is 41.3 Å². The fourth-order valence-electron chi connectivity index (χ4n) is 2.99. The molecule has 0 bridgehead atoms. The summed E-state index contributed by atoms with van der Waals surface area (Å²) in [6, 6.07) is 14.1. The molecule has 1 aliphatic heterocycles. The molecule has 26 heavy (non-hydrogen) atoms. The van der Waals surface area contributed by atoms with E-state index in [2.05, 4.69) is 20.8 Å². The molecule has 1 amide bonds. The molecule has 1 aliphatic rings. The van der Waals surface area contributed by atoms with Crippen LogP contribution in [0.4, 0.5) is 4.39 Å². The molecule has 0 unspecified atom stereocenters. The maximum atomic E-state index is 13.0. The van der Waals surface area contributed by atoms with Gasteiger partial charge in [0.2, 0.25) is 0 Å². The number of carbonyl (C=O) groups excluding carboxylic acids is 1. The highest BCUT2D eigenvalue weighted by Crippen LogP contribution is 2.16. The molecule has 0 saturated carbocycles. The molecule has 0 aromatic heterocycles. The van der Waals surface area contributed by atoms with Crippen molar-refractivity contribution in [2.24, 2.45) is 0 Å². The van der Waals surface area contributed by atoms with Gasteiger partial charge in [-0.15, -0.1) is 0 Å². The Labute approximate surface area is 161 Å². The third-order valence-electron chi connectivity index (χ3n) is 4.44. The lowest BCUT2D eigenvalue weighted by Crippen LogP contribution is -2.38. The molecule has 1 saturated heterocycles. The molecule has 138 valence electrons. The number of halogens is 2. The molecule has 0 aliphatic carbocycles. The van der Waals surface area contributed by atoms with Crippen molar-refractivity contribution in [1.29, 1.82) is 0 Å². The summed E-state index contributed by atoms with van der Waals surface area (Å²) in [7, 11) is 0. The largest absolute Gasteiger partial charge is 0.484 e. The van der Waals surface area contributed by atoms with Gasteiger partial charge in [0.25, 0.3) is 5.91 Å². The lowest BCUT2D eigenvalue weighted by Gasteiger charge is -2.22. The Kier molecular flexibility index (Phi) is 6.63. The summed E-state index contributed by atoms with van der Waals surface area (Å²) in [5.74, 6) is 0.484. The highest BCUT2D eigenvalue weighted by molar-refractivity contribution is 9.10. The molecule has 6 heteroatoms. The van der Waals surface area contributed by atoms with Gasteiger partial charge in [0.1, 0.15) is 11.6 Å². The van der Waals surface area contributed by atoms with E-state index >= 15 is 0 Å². The first-order valence-electron chi connectivity index (χ1n) is 8.73. The molecule has 0 spiro atoms. The number of carbonyl (C=O) groups is 1. The third-order valence-corrected chi connectivity index (χ3v) is 4.97. The smallest absolute Gasteiger partial charge is 0.260 e. The SMILES string of the molecule is O=C(COc1ccc(Br)cc1)N1CCCN(Cc2ccc(F)cc2)CC1. The van der Waals surface area contributed by atoms with E-state index in [0.717, 1.165) is 42.6 Å². The maximum Gasteiger partial charge on any atom is 0.260 e. The number of ether oxygens (including phenoxy) is 1. The molecule has 1 heterocycles. The zero-order chi connectivity index (χ0) is 18.4. The van der Waals surface area contributed by atoms with Crippen molar-refractivity contribution in [2.45, 2.75) is 13.0 Å². The van der Waals surface area contributed by atoms with Crippen molar-refractivity contribution in [2.75, 3.05) is 32.8 Å². The molecule has 0 N–H and O–H groups in total. The van der Waals surface area contributed by atoms with E-state index in [1.165, 1.54) is 12.1 Å². The highest BCUT2D eigenvalue weighted by Gasteiger charge is 2.19. The van der Waals surface area contributed by atoms with E-state index in [4.69, 9.17) is 4.74 Å². The maximum absolute atomic E-state index is 13.0. The topological polar surface area (TPSA) is 32.8 Å². The van der Waals surface area contributed by atoms with E-state index in [0.29, 0.717) is 12.3 Å². The van der Waals surface area contributed by atoms with Gasteiger partial charge < -0.3 is 9.64 Å². The minimum absolute atomic E-state index is 0.0107. The molecule has 4 nitrogen and oxygen atoms in total. The Hall–Kier alpha value is -1.92. The summed E-state index contributed by atoms with van der Waals surface area (Å²) >= 11 is 3.38. The average Bonchev–Trinajstić information content (AvgIpc) is 2.88. The Bertz CT molecular complexity index is 722. The molecule has 3 rings (SSSR count). The van der Waals surface area contributed by atoms with Gasteiger partial charge in [0.15, 0.2) is 6.61 Å². The van der Waals surface area contributed by atoms with Gasteiger partial charge in [-0.2, -0.15) is 0 Å². The van der Waals surface area contributed by atoms with Crippen molar-refractivity contribution in [1.82, 2.24) is 9.80 Å². The lowest BCUT2D eigenvalue weighted by molar-refractivity contribution is -0.133. The van der Waals surface area contributed by atoms with E-state index < -0.39 is 0 Å². The van der Waals surface area contributed by atoms with Gasteiger partial charge in [-0.05, 0) is 48.4 Å². The predicted octanol–water partition coefficient (Wildman–Crippen LogP) is 3.70. The Morgan fingerprint density at radius 2 is 1.73 bits per heavy atom. The van der Waals surface area contributed by atoms with Crippen molar-refractivity contribution in [3.05, 3.63) is 64.4 Å². The van der Waals surface area contributed by atoms with Crippen LogP contribution in [0.5, 0.6) is 5.75 Å². The van der Waals surface area contributed by atoms with Gasteiger partial charge in [0.05, 0.1) is 0 Å². The summed E-state index contributed by atoms with van der Waals surface area (Å²) in [5.41, 5.74) is 1.09. The van der Waals surface area contributed by atoms with Gasteiger partial charge >= 0.3 is 0 Å². The number of rotatable bonds is 5. The first kappa shape index (κ1) is 18.9. The van der Waals surface area contributed by atoms with Crippen LogP contribution in [-0.4, -0.2) is 48.5 Å². The minimum atomic E-state index is -0.216. The zero-order valence-electron chi connectivity index (χ0n) is 14.5. The number of hydrogen-bond acceptors (Lipinski definition) is 3. The molecular weight excluding hydrogens is 399 g/mol. The van der Waals surface area contributed by atoms with Crippen molar-refractivity contribution < 1.29 is 13.9 Å². The quantitative estimate of drug-likeness (QED) is 0.738. The molecular formula is C20H22BrFN2O2. The fraction of sp³-hybridized carbons (Fsp3) is 0.350. The fourth-order valence-corrected chi connectivity index (χ4v) is 3.26. The van der Waals surface area contributed by atoms with Gasteiger partial charge in [0, 0.05) is 37.2 Å². The van der Waals surface area contributed by atoms with E-state index in [1.54, 1.807) is 0 Å². The Morgan fingerprint density at radius 1 is 1.00 bits per heavy atom. The predicted molar refractivity (Wildman–Crippen MR) is 103 cm³/mol. The Balaban J connectivity index is 1.47. The van der Waals surface area contributed by atoms with Crippen LogP contribution in [0.1, 0.15) is 12.0 Å². The second-order valence-corrected chi connectivity index (χ2v) is 7.30. The number of hydrogen-bond donors (Lipinski definition) is 0. The molecule has 2 aromatic rings. The summed E-state index contributed by atoms with van der Waals surface area (Å²) in [5, 5.41) is 0. The summed E-state index contributed by atoms with van der Waals surface area (Å²) in [6.07, 6.45) is 0.922. The minimum Gasteiger partial charge on any atom is -0.484 e. The summed E-state index contributed by atoms with van der Waals surface area (Å²) in [6.45, 7) is 3.99. The lowest BCUT2D eigenvalue weighted by atomic mass is 10.2. The average molecular weight is 421 g/mol. The number of benzene rings is 2. The summed E-state index contributed by atoms with van der Waals surface area (Å²) < 4.78 is 19.6. The standard InChI is InChI=1S/C20H22BrFN2O2/c21-17-4-8-19(9-5-17)26-15-20(25)24-11-1-10-23(12-13-24)14-16-2-6-18(22)7-3-16/h2-9H,1,10-15H2. The second kappa shape index (κ2) is 9.14. The third kappa shape index (κ3) is 5.54. The van der Waals surface area contributed by atoms with Crippen LogP contribution in [-0.2, 0) is 11.3 Å². The first-order valence-corrected chi connectivity index (χ1v) is 9.52. The zero-order valence-corrected chi connectivity index (χ0v) is 16.1.